The Kier molecular flexibility index (Phi) is 4.57. The SMILES string of the molecule is CCNc1ccc(-c2nc3c(C)nn(-c4ccccc4)c3c(=O)[nH]2)c(OC)c1. The lowest BCUT2D eigenvalue weighted by Gasteiger charge is -2.11. The third-order valence-electron chi connectivity index (χ3n) is 4.54. The monoisotopic (exact) mass is 375 g/mol. The highest BCUT2D eigenvalue weighted by atomic mass is 16.5. The van der Waals surface area contributed by atoms with Gasteiger partial charge >= 0.3 is 0 Å². The lowest BCUT2D eigenvalue weighted by Crippen LogP contribution is -2.13. The molecular weight excluding hydrogens is 354 g/mol. The molecule has 0 fully saturated rings. The topological polar surface area (TPSA) is 84.8 Å². The van der Waals surface area contributed by atoms with Crippen molar-refractivity contribution in [1.29, 1.82) is 0 Å². The van der Waals surface area contributed by atoms with Crippen LogP contribution in [0.25, 0.3) is 28.1 Å². The molecule has 0 saturated heterocycles. The molecule has 0 radical (unpaired) electrons. The van der Waals surface area contributed by atoms with Crippen LogP contribution in [0.4, 0.5) is 5.69 Å². The standard InChI is InChI=1S/C21H21N5O2/c1-4-22-14-10-11-16(17(12-14)28-3)20-23-18-13(2)25-26(19(18)21(27)24-20)15-8-6-5-7-9-15/h5-12,22H,4H2,1-3H3,(H,23,24,27). The van der Waals surface area contributed by atoms with Crippen molar-refractivity contribution in [2.75, 3.05) is 19.0 Å². The molecule has 7 heteroatoms. The van der Waals surface area contributed by atoms with Gasteiger partial charge in [-0.15, -0.1) is 0 Å². The van der Waals surface area contributed by atoms with Crippen LogP contribution in [-0.4, -0.2) is 33.4 Å². The highest BCUT2D eigenvalue weighted by molar-refractivity contribution is 5.81. The summed E-state index contributed by atoms with van der Waals surface area (Å²) in [6.07, 6.45) is 0. The van der Waals surface area contributed by atoms with Gasteiger partial charge in [-0.3, -0.25) is 4.79 Å². The first-order chi connectivity index (χ1) is 13.6. The van der Waals surface area contributed by atoms with Crippen molar-refractivity contribution >= 4 is 16.7 Å². The first-order valence-corrected chi connectivity index (χ1v) is 9.09. The Morgan fingerprint density at radius 1 is 1.18 bits per heavy atom. The Morgan fingerprint density at radius 2 is 1.96 bits per heavy atom. The molecule has 0 aliphatic rings. The molecule has 0 amide bonds. The number of para-hydroxylation sites is 1. The lowest BCUT2D eigenvalue weighted by molar-refractivity contribution is 0.416. The first kappa shape index (κ1) is 17.8. The van der Waals surface area contributed by atoms with Crippen molar-refractivity contribution < 1.29 is 4.74 Å². The van der Waals surface area contributed by atoms with E-state index in [1.54, 1.807) is 11.8 Å². The molecule has 0 aliphatic carbocycles. The van der Waals surface area contributed by atoms with Gasteiger partial charge in [0.15, 0.2) is 5.52 Å². The smallest absolute Gasteiger partial charge is 0.277 e. The maximum Gasteiger partial charge on any atom is 0.277 e. The van der Waals surface area contributed by atoms with Crippen LogP contribution >= 0.6 is 0 Å². The van der Waals surface area contributed by atoms with Crippen LogP contribution in [-0.2, 0) is 0 Å². The molecule has 0 bridgehead atoms. The van der Waals surface area contributed by atoms with Gasteiger partial charge in [0, 0.05) is 18.3 Å². The lowest BCUT2D eigenvalue weighted by atomic mass is 10.1. The highest BCUT2D eigenvalue weighted by Crippen LogP contribution is 2.31. The summed E-state index contributed by atoms with van der Waals surface area (Å²) < 4.78 is 7.15. The van der Waals surface area contributed by atoms with E-state index >= 15 is 0 Å². The van der Waals surface area contributed by atoms with Crippen LogP contribution in [0.5, 0.6) is 5.75 Å². The number of anilines is 1. The van der Waals surface area contributed by atoms with Gasteiger partial charge in [-0.1, -0.05) is 18.2 Å². The summed E-state index contributed by atoms with van der Waals surface area (Å²) in [5.41, 5.74) is 3.91. The Labute approximate surface area is 162 Å². The van der Waals surface area contributed by atoms with E-state index in [0.29, 0.717) is 28.3 Å². The van der Waals surface area contributed by atoms with Crippen molar-refractivity contribution in [2.24, 2.45) is 0 Å². The molecule has 0 atom stereocenters. The van der Waals surface area contributed by atoms with Crippen LogP contribution in [0.3, 0.4) is 0 Å². The second-order valence-electron chi connectivity index (χ2n) is 6.39. The zero-order valence-electron chi connectivity index (χ0n) is 16.0. The molecule has 2 N–H and O–H groups in total. The fourth-order valence-electron chi connectivity index (χ4n) is 3.25. The molecule has 2 aromatic heterocycles. The minimum atomic E-state index is -0.248. The number of nitrogens with zero attached hydrogens (tertiary/aromatic N) is 3. The quantitative estimate of drug-likeness (QED) is 0.557. The Bertz CT molecular complexity index is 1190. The molecular formula is C21H21N5O2. The Balaban J connectivity index is 1.90. The molecule has 0 aliphatic heterocycles. The highest BCUT2D eigenvalue weighted by Gasteiger charge is 2.17. The normalized spacial score (nSPS) is 11.0. The number of fused-ring (bicyclic) bond motifs is 1. The minimum Gasteiger partial charge on any atom is -0.496 e. The average molecular weight is 375 g/mol. The number of aryl methyl sites for hydroxylation is 1. The summed E-state index contributed by atoms with van der Waals surface area (Å²) in [5, 5.41) is 7.78. The molecule has 28 heavy (non-hydrogen) atoms. The van der Waals surface area contributed by atoms with Gasteiger partial charge in [0.2, 0.25) is 0 Å². The summed E-state index contributed by atoms with van der Waals surface area (Å²) in [6.45, 7) is 4.69. The van der Waals surface area contributed by atoms with Crippen molar-refractivity contribution in [3.8, 4) is 22.8 Å². The number of ether oxygens (including phenoxy) is 1. The molecule has 0 spiro atoms. The number of methoxy groups -OCH3 is 1. The number of H-pyrrole nitrogens is 1. The molecule has 0 unspecified atom stereocenters. The first-order valence-electron chi connectivity index (χ1n) is 9.09. The van der Waals surface area contributed by atoms with Gasteiger partial charge in [0.25, 0.3) is 5.56 Å². The zero-order valence-corrected chi connectivity index (χ0v) is 16.0. The van der Waals surface area contributed by atoms with Crippen molar-refractivity contribution in [1.82, 2.24) is 19.7 Å². The number of nitrogens with one attached hydrogen (secondary N) is 2. The summed E-state index contributed by atoms with van der Waals surface area (Å²) in [4.78, 5) is 20.5. The predicted molar refractivity (Wildman–Crippen MR) is 110 cm³/mol. The van der Waals surface area contributed by atoms with Crippen LogP contribution < -0.4 is 15.6 Å². The number of benzene rings is 2. The average Bonchev–Trinajstić information content (AvgIpc) is 3.06. The van der Waals surface area contributed by atoms with Gasteiger partial charge in [0.1, 0.15) is 17.1 Å². The van der Waals surface area contributed by atoms with Crippen molar-refractivity contribution in [3.05, 3.63) is 64.6 Å². The second-order valence-corrected chi connectivity index (χ2v) is 6.39. The number of hydrogen-bond donors (Lipinski definition) is 2. The Hall–Kier alpha value is -3.61. The fraction of sp³-hybridized carbons (Fsp3) is 0.190. The van der Waals surface area contributed by atoms with Gasteiger partial charge in [0.05, 0.1) is 24.1 Å². The van der Waals surface area contributed by atoms with Crippen LogP contribution in [0.2, 0.25) is 0 Å². The van der Waals surface area contributed by atoms with Crippen molar-refractivity contribution in [2.45, 2.75) is 13.8 Å². The second kappa shape index (κ2) is 7.19. The predicted octanol–water partition coefficient (Wildman–Crippen LogP) is 3.52. The Morgan fingerprint density at radius 3 is 2.68 bits per heavy atom. The van der Waals surface area contributed by atoms with Crippen LogP contribution in [0, 0.1) is 6.92 Å². The zero-order chi connectivity index (χ0) is 19.7. The van der Waals surface area contributed by atoms with E-state index in [1.165, 1.54) is 0 Å². The molecule has 142 valence electrons. The van der Waals surface area contributed by atoms with Gasteiger partial charge < -0.3 is 15.0 Å². The molecule has 2 heterocycles. The fourth-order valence-corrected chi connectivity index (χ4v) is 3.25. The molecule has 0 saturated carbocycles. The number of hydrogen-bond acceptors (Lipinski definition) is 5. The maximum absolute atomic E-state index is 12.9. The van der Waals surface area contributed by atoms with E-state index in [9.17, 15) is 4.79 Å². The van der Waals surface area contributed by atoms with Gasteiger partial charge in [-0.05, 0) is 38.1 Å². The van der Waals surface area contributed by atoms with Gasteiger partial charge in [-0.2, -0.15) is 5.10 Å². The van der Waals surface area contributed by atoms with Crippen LogP contribution in [0.15, 0.2) is 53.3 Å². The molecule has 7 nitrogen and oxygen atoms in total. The van der Waals surface area contributed by atoms with Crippen molar-refractivity contribution in [3.63, 3.8) is 0 Å². The summed E-state index contributed by atoms with van der Waals surface area (Å²) in [6, 6.07) is 15.3. The molecule has 2 aromatic carbocycles. The van der Waals surface area contributed by atoms with E-state index in [1.807, 2.05) is 62.4 Å². The van der Waals surface area contributed by atoms with Crippen LogP contribution in [0.1, 0.15) is 12.6 Å². The number of rotatable bonds is 5. The largest absolute Gasteiger partial charge is 0.496 e. The minimum absolute atomic E-state index is 0.248. The van der Waals surface area contributed by atoms with E-state index in [4.69, 9.17) is 9.72 Å². The third kappa shape index (κ3) is 3.00. The summed E-state index contributed by atoms with van der Waals surface area (Å²) >= 11 is 0. The molecule has 4 rings (SSSR count). The summed E-state index contributed by atoms with van der Waals surface area (Å²) in [7, 11) is 1.60. The van der Waals surface area contributed by atoms with E-state index < -0.39 is 0 Å². The number of aromatic nitrogens is 4. The van der Waals surface area contributed by atoms with E-state index in [-0.39, 0.29) is 5.56 Å². The number of aromatic amines is 1. The van der Waals surface area contributed by atoms with Gasteiger partial charge in [-0.25, -0.2) is 9.67 Å². The maximum atomic E-state index is 12.9. The summed E-state index contributed by atoms with van der Waals surface area (Å²) in [5.74, 6) is 1.09. The third-order valence-corrected chi connectivity index (χ3v) is 4.54. The van der Waals surface area contributed by atoms with E-state index in [2.05, 4.69) is 15.4 Å². The molecule has 4 aromatic rings. The van der Waals surface area contributed by atoms with E-state index in [0.717, 1.165) is 23.5 Å².